The second kappa shape index (κ2) is 8.19. The van der Waals surface area contributed by atoms with E-state index in [1.807, 2.05) is 0 Å². The van der Waals surface area contributed by atoms with E-state index in [2.05, 4.69) is 5.32 Å². The molecule has 2 aromatic carbocycles. The Labute approximate surface area is 147 Å². The minimum absolute atomic E-state index is 0.0426. The molecule has 0 atom stereocenters. The van der Waals surface area contributed by atoms with E-state index >= 15 is 0 Å². The molecule has 2 aromatic rings. The molecule has 0 spiro atoms. The summed E-state index contributed by atoms with van der Waals surface area (Å²) in [7, 11) is 1.28. The molecule has 8 heteroatoms. The van der Waals surface area contributed by atoms with Gasteiger partial charge in [-0.2, -0.15) is 0 Å². The summed E-state index contributed by atoms with van der Waals surface area (Å²) in [6.45, 7) is 0.543. The fourth-order valence-electron chi connectivity index (χ4n) is 2.11. The van der Waals surface area contributed by atoms with Gasteiger partial charge in [0, 0.05) is 12.6 Å². The summed E-state index contributed by atoms with van der Waals surface area (Å²) in [6.07, 6.45) is 0. The molecule has 136 valence electrons. The summed E-state index contributed by atoms with van der Waals surface area (Å²) in [5.41, 5.74) is -0.220. The number of rotatable bonds is 6. The van der Waals surface area contributed by atoms with E-state index < -0.39 is 30.0 Å². The van der Waals surface area contributed by atoms with Crippen LogP contribution in [0.3, 0.4) is 0 Å². The van der Waals surface area contributed by atoms with Crippen molar-refractivity contribution in [3.8, 4) is 5.75 Å². The molecule has 0 aromatic heterocycles. The average Bonchev–Trinajstić information content (AvgIpc) is 2.58. The lowest BCUT2D eigenvalue weighted by molar-refractivity contribution is -0.114. The molecule has 0 aliphatic heterocycles. The minimum Gasteiger partial charge on any atom is -0.494 e. The molecule has 0 heterocycles. The van der Waals surface area contributed by atoms with Crippen molar-refractivity contribution >= 4 is 23.3 Å². The maximum absolute atomic E-state index is 14.0. The second-order valence-corrected chi connectivity index (χ2v) is 5.22. The highest BCUT2D eigenvalue weighted by Gasteiger charge is 2.17. The number of Topliss-reactive ketones (excluding diaryl/α,β-unsaturated/α-hetero) is 1. The van der Waals surface area contributed by atoms with Crippen LogP contribution in [0.1, 0.15) is 27.6 Å². The van der Waals surface area contributed by atoms with Crippen LogP contribution >= 0.6 is 0 Å². The smallest absolute Gasteiger partial charge is 0.338 e. The molecule has 1 amide bonds. The zero-order valence-corrected chi connectivity index (χ0v) is 14.0. The van der Waals surface area contributed by atoms with Crippen LogP contribution in [0.4, 0.5) is 14.5 Å². The monoisotopic (exact) mass is 363 g/mol. The third-order valence-corrected chi connectivity index (χ3v) is 3.31. The Morgan fingerprint density at radius 3 is 2.35 bits per heavy atom. The molecular formula is C18H15F2NO5. The number of anilines is 1. The van der Waals surface area contributed by atoms with E-state index in [9.17, 15) is 23.2 Å². The highest BCUT2D eigenvalue weighted by atomic mass is 19.1. The Morgan fingerprint density at radius 2 is 1.77 bits per heavy atom. The van der Waals surface area contributed by atoms with Crippen molar-refractivity contribution in [3.63, 3.8) is 0 Å². The molecule has 0 fully saturated rings. The van der Waals surface area contributed by atoms with Crippen LogP contribution in [-0.2, 0) is 9.53 Å². The first-order valence-corrected chi connectivity index (χ1v) is 7.43. The molecule has 2 rings (SSSR count). The van der Waals surface area contributed by atoms with Gasteiger partial charge in [0.05, 0.1) is 18.2 Å². The Hall–Kier alpha value is -3.29. The Balaban J connectivity index is 2.03. The van der Waals surface area contributed by atoms with Gasteiger partial charge in [-0.3, -0.25) is 9.59 Å². The number of nitrogens with one attached hydrogen (secondary N) is 1. The summed E-state index contributed by atoms with van der Waals surface area (Å²) in [5.74, 6) is -3.77. The Bertz CT molecular complexity index is 867. The number of methoxy groups -OCH3 is 1. The summed E-state index contributed by atoms with van der Waals surface area (Å²) in [6, 6.07) is 6.93. The van der Waals surface area contributed by atoms with Gasteiger partial charge in [0.15, 0.2) is 18.2 Å². The molecule has 26 heavy (non-hydrogen) atoms. The lowest BCUT2D eigenvalue weighted by Gasteiger charge is -2.08. The summed E-state index contributed by atoms with van der Waals surface area (Å²) in [4.78, 5) is 34.8. The number of amides is 1. The maximum atomic E-state index is 14.0. The van der Waals surface area contributed by atoms with Crippen molar-refractivity contribution < 1.29 is 32.6 Å². The van der Waals surface area contributed by atoms with Gasteiger partial charge in [0.25, 0.3) is 0 Å². The lowest BCUT2D eigenvalue weighted by atomic mass is 10.1. The van der Waals surface area contributed by atoms with Gasteiger partial charge in [0.2, 0.25) is 11.7 Å². The third kappa shape index (κ3) is 4.62. The number of carbonyl (C=O) groups is 3. The number of esters is 1. The summed E-state index contributed by atoms with van der Waals surface area (Å²) >= 11 is 0. The lowest BCUT2D eigenvalue weighted by Crippen LogP contribution is -2.16. The molecule has 1 N–H and O–H groups in total. The van der Waals surface area contributed by atoms with Crippen LogP contribution in [-0.4, -0.2) is 31.4 Å². The summed E-state index contributed by atoms with van der Waals surface area (Å²) < 4.78 is 37.1. The highest BCUT2D eigenvalue weighted by Crippen LogP contribution is 2.19. The quantitative estimate of drug-likeness (QED) is 0.630. The van der Waals surface area contributed by atoms with E-state index in [0.717, 1.165) is 12.1 Å². The predicted octanol–water partition coefficient (Wildman–Crippen LogP) is 2.97. The van der Waals surface area contributed by atoms with E-state index in [0.29, 0.717) is 0 Å². The maximum Gasteiger partial charge on any atom is 0.338 e. The zero-order valence-electron chi connectivity index (χ0n) is 14.0. The zero-order chi connectivity index (χ0) is 19.3. The molecule has 0 aliphatic carbocycles. The second-order valence-electron chi connectivity index (χ2n) is 5.22. The van der Waals surface area contributed by atoms with Crippen molar-refractivity contribution in [3.05, 3.63) is 59.2 Å². The van der Waals surface area contributed by atoms with Crippen LogP contribution in [0.5, 0.6) is 5.75 Å². The fourth-order valence-corrected chi connectivity index (χ4v) is 2.11. The van der Waals surface area contributed by atoms with Crippen LogP contribution in [0.15, 0.2) is 36.4 Å². The van der Waals surface area contributed by atoms with Gasteiger partial charge in [-0.1, -0.05) is 0 Å². The Morgan fingerprint density at radius 1 is 1.04 bits per heavy atom. The minimum atomic E-state index is -0.935. The van der Waals surface area contributed by atoms with Crippen molar-refractivity contribution in [2.45, 2.75) is 6.92 Å². The van der Waals surface area contributed by atoms with Gasteiger partial charge in [-0.15, -0.1) is 0 Å². The first-order chi connectivity index (χ1) is 12.3. The van der Waals surface area contributed by atoms with E-state index in [1.54, 1.807) is 0 Å². The number of halogens is 2. The molecule has 0 bridgehead atoms. The number of benzene rings is 2. The normalized spacial score (nSPS) is 10.2. The largest absolute Gasteiger partial charge is 0.494 e. The SMILES string of the molecule is COc1ccc(C(=O)OCC(=O)c2ccc(NC(C)=O)cc2F)cc1F. The molecular weight excluding hydrogens is 348 g/mol. The molecule has 6 nitrogen and oxygen atoms in total. The molecule has 0 aliphatic rings. The molecule has 0 saturated carbocycles. The van der Waals surface area contributed by atoms with Crippen LogP contribution in [0.25, 0.3) is 0 Å². The van der Waals surface area contributed by atoms with Crippen molar-refractivity contribution in [2.75, 3.05) is 19.0 Å². The molecule has 0 saturated heterocycles. The molecule has 0 unspecified atom stereocenters. The number of carbonyl (C=O) groups excluding carboxylic acids is 3. The van der Waals surface area contributed by atoms with Gasteiger partial charge >= 0.3 is 5.97 Å². The average molecular weight is 363 g/mol. The Kier molecular flexibility index (Phi) is 6.00. The number of hydrogen-bond acceptors (Lipinski definition) is 5. The molecule has 0 radical (unpaired) electrons. The van der Waals surface area contributed by atoms with Gasteiger partial charge in [-0.05, 0) is 36.4 Å². The first-order valence-electron chi connectivity index (χ1n) is 7.43. The predicted molar refractivity (Wildman–Crippen MR) is 88.3 cm³/mol. The van der Waals surface area contributed by atoms with Gasteiger partial charge in [0.1, 0.15) is 5.82 Å². The van der Waals surface area contributed by atoms with Gasteiger partial charge < -0.3 is 14.8 Å². The van der Waals surface area contributed by atoms with Crippen LogP contribution < -0.4 is 10.1 Å². The number of ether oxygens (including phenoxy) is 2. The number of ketones is 1. The van der Waals surface area contributed by atoms with E-state index in [4.69, 9.17) is 9.47 Å². The first kappa shape index (κ1) is 19.0. The fraction of sp³-hybridized carbons (Fsp3) is 0.167. The van der Waals surface area contributed by atoms with Crippen molar-refractivity contribution in [2.24, 2.45) is 0 Å². The van der Waals surface area contributed by atoms with E-state index in [1.165, 1.54) is 38.3 Å². The highest BCUT2D eigenvalue weighted by molar-refractivity contribution is 6.00. The standard InChI is InChI=1S/C18H15F2NO5/c1-10(22)21-12-4-5-13(14(19)8-12)16(23)9-26-18(24)11-3-6-17(25-2)15(20)7-11/h3-8H,9H2,1-2H3,(H,21,22). The third-order valence-electron chi connectivity index (χ3n) is 3.31. The van der Waals surface area contributed by atoms with Crippen molar-refractivity contribution in [1.29, 1.82) is 0 Å². The number of hydrogen-bond donors (Lipinski definition) is 1. The summed E-state index contributed by atoms with van der Waals surface area (Å²) in [5, 5.41) is 2.38. The van der Waals surface area contributed by atoms with E-state index in [-0.39, 0.29) is 28.5 Å². The topological polar surface area (TPSA) is 81.7 Å². The van der Waals surface area contributed by atoms with Crippen molar-refractivity contribution in [1.82, 2.24) is 0 Å². The van der Waals surface area contributed by atoms with Crippen LogP contribution in [0, 0.1) is 11.6 Å². The van der Waals surface area contributed by atoms with Gasteiger partial charge in [-0.25, -0.2) is 13.6 Å². The van der Waals surface area contributed by atoms with Crippen LogP contribution in [0.2, 0.25) is 0 Å².